The van der Waals surface area contributed by atoms with E-state index in [0.717, 1.165) is 57.3 Å². The van der Waals surface area contributed by atoms with Crippen LogP contribution in [0, 0.1) is 0 Å². The molecule has 1 fully saturated rings. The standard InChI is InChI=1S/C20H29N3O3/c1-14-16-6-5-7-17(19(21)25)18(16)20(26)23(14)15-8-11-22(12-9-15)10-3-2-4-13-24/h5-7,14-15,24H,2-4,8-13H2,1H3,(H2,21,25). The predicted molar refractivity (Wildman–Crippen MR) is 99.9 cm³/mol. The molecular weight excluding hydrogens is 330 g/mol. The van der Waals surface area contributed by atoms with Gasteiger partial charge in [-0.15, -0.1) is 0 Å². The molecule has 142 valence electrons. The van der Waals surface area contributed by atoms with Crippen LogP contribution in [0.2, 0.25) is 0 Å². The molecule has 1 unspecified atom stereocenters. The summed E-state index contributed by atoms with van der Waals surface area (Å²) < 4.78 is 0. The summed E-state index contributed by atoms with van der Waals surface area (Å²) in [6.45, 7) is 5.33. The predicted octanol–water partition coefficient (Wildman–Crippen LogP) is 1.93. The first-order valence-electron chi connectivity index (χ1n) is 9.63. The van der Waals surface area contributed by atoms with E-state index in [1.165, 1.54) is 0 Å². The van der Waals surface area contributed by atoms with Crippen LogP contribution in [-0.2, 0) is 0 Å². The minimum atomic E-state index is -0.540. The maximum Gasteiger partial charge on any atom is 0.255 e. The lowest BCUT2D eigenvalue weighted by molar-refractivity contribution is 0.0516. The van der Waals surface area contributed by atoms with E-state index in [2.05, 4.69) is 4.90 Å². The van der Waals surface area contributed by atoms with Gasteiger partial charge in [-0.25, -0.2) is 0 Å². The van der Waals surface area contributed by atoms with E-state index in [4.69, 9.17) is 10.8 Å². The molecule has 6 heteroatoms. The number of carbonyl (C=O) groups is 2. The van der Waals surface area contributed by atoms with Gasteiger partial charge in [0, 0.05) is 25.7 Å². The van der Waals surface area contributed by atoms with Crippen molar-refractivity contribution >= 4 is 11.8 Å². The van der Waals surface area contributed by atoms with Crippen LogP contribution in [0.5, 0.6) is 0 Å². The third-order valence-corrected chi connectivity index (χ3v) is 5.76. The Morgan fingerprint density at radius 3 is 2.62 bits per heavy atom. The van der Waals surface area contributed by atoms with E-state index in [9.17, 15) is 9.59 Å². The lowest BCUT2D eigenvalue weighted by Gasteiger charge is -2.38. The van der Waals surface area contributed by atoms with E-state index in [1.807, 2.05) is 17.9 Å². The summed E-state index contributed by atoms with van der Waals surface area (Å²) in [4.78, 5) is 29.2. The number of unbranched alkanes of at least 4 members (excludes halogenated alkanes) is 2. The Morgan fingerprint density at radius 2 is 1.96 bits per heavy atom. The second-order valence-corrected chi connectivity index (χ2v) is 7.38. The molecule has 0 aliphatic carbocycles. The first-order chi connectivity index (χ1) is 12.5. The Labute approximate surface area is 155 Å². The quantitative estimate of drug-likeness (QED) is 0.728. The summed E-state index contributed by atoms with van der Waals surface area (Å²) in [6, 6.07) is 5.57. The average Bonchev–Trinajstić information content (AvgIpc) is 2.90. The SMILES string of the molecule is CC1c2cccc(C(N)=O)c2C(=O)N1C1CCN(CCCCCO)CC1. The topological polar surface area (TPSA) is 86.9 Å². The van der Waals surface area contributed by atoms with Gasteiger partial charge in [-0.3, -0.25) is 9.59 Å². The molecule has 0 radical (unpaired) electrons. The number of aliphatic hydroxyl groups excluding tert-OH is 1. The first-order valence-corrected chi connectivity index (χ1v) is 9.63. The van der Waals surface area contributed by atoms with Crippen molar-refractivity contribution < 1.29 is 14.7 Å². The van der Waals surface area contributed by atoms with Crippen molar-refractivity contribution in [1.29, 1.82) is 0 Å². The van der Waals surface area contributed by atoms with Crippen LogP contribution in [-0.4, -0.2) is 59.0 Å². The highest BCUT2D eigenvalue weighted by molar-refractivity contribution is 6.09. The van der Waals surface area contributed by atoms with Crippen LogP contribution in [0.3, 0.4) is 0 Å². The molecule has 0 saturated carbocycles. The third-order valence-electron chi connectivity index (χ3n) is 5.76. The third kappa shape index (κ3) is 3.62. The summed E-state index contributed by atoms with van der Waals surface area (Å²) >= 11 is 0. The minimum Gasteiger partial charge on any atom is -0.396 e. The molecule has 2 heterocycles. The van der Waals surface area contributed by atoms with Crippen molar-refractivity contribution in [3.05, 3.63) is 34.9 Å². The number of piperidine rings is 1. The number of carbonyl (C=O) groups excluding carboxylic acids is 2. The number of amides is 2. The number of primary amides is 1. The molecule has 1 aromatic rings. The van der Waals surface area contributed by atoms with Gasteiger partial charge in [0.25, 0.3) is 5.91 Å². The molecule has 3 rings (SSSR count). The highest BCUT2D eigenvalue weighted by Crippen LogP contribution is 2.38. The van der Waals surface area contributed by atoms with Crippen molar-refractivity contribution in [2.75, 3.05) is 26.2 Å². The van der Waals surface area contributed by atoms with Gasteiger partial charge in [0.2, 0.25) is 5.91 Å². The molecule has 2 amide bonds. The van der Waals surface area contributed by atoms with E-state index < -0.39 is 5.91 Å². The fourth-order valence-corrected chi connectivity index (χ4v) is 4.34. The smallest absolute Gasteiger partial charge is 0.255 e. The number of nitrogens with zero attached hydrogens (tertiary/aromatic N) is 2. The molecule has 0 bridgehead atoms. The molecule has 0 aromatic heterocycles. The summed E-state index contributed by atoms with van der Waals surface area (Å²) in [6.07, 6.45) is 4.95. The van der Waals surface area contributed by atoms with Crippen molar-refractivity contribution in [2.45, 2.75) is 51.1 Å². The van der Waals surface area contributed by atoms with Crippen LogP contribution >= 0.6 is 0 Å². The van der Waals surface area contributed by atoms with Gasteiger partial charge in [-0.2, -0.15) is 0 Å². The zero-order valence-corrected chi connectivity index (χ0v) is 15.5. The number of likely N-dealkylation sites (tertiary alicyclic amines) is 1. The second kappa shape index (κ2) is 8.18. The lowest BCUT2D eigenvalue weighted by Crippen LogP contribution is -2.46. The van der Waals surface area contributed by atoms with Crippen molar-refractivity contribution in [1.82, 2.24) is 9.80 Å². The van der Waals surface area contributed by atoms with Gasteiger partial charge in [0.1, 0.15) is 0 Å². The van der Waals surface area contributed by atoms with Crippen LogP contribution in [0.4, 0.5) is 0 Å². The molecule has 0 spiro atoms. The fraction of sp³-hybridized carbons (Fsp3) is 0.600. The molecule has 2 aliphatic heterocycles. The Bertz CT molecular complexity index is 668. The highest BCUT2D eigenvalue weighted by Gasteiger charge is 2.41. The minimum absolute atomic E-state index is 0.0158. The number of hydrogen-bond donors (Lipinski definition) is 2. The zero-order chi connectivity index (χ0) is 18.7. The maximum atomic E-state index is 13.0. The molecule has 2 aliphatic rings. The molecule has 26 heavy (non-hydrogen) atoms. The summed E-state index contributed by atoms with van der Waals surface area (Å²) in [7, 11) is 0. The number of benzene rings is 1. The molecule has 3 N–H and O–H groups in total. The zero-order valence-electron chi connectivity index (χ0n) is 15.5. The van der Waals surface area contributed by atoms with Crippen LogP contribution in [0.15, 0.2) is 18.2 Å². The monoisotopic (exact) mass is 359 g/mol. The van der Waals surface area contributed by atoms with Gasteiger partial charge in [-0.1, -0.05) is 12.1 Å². The van der Waals surface area contributed by atoms with Gasteiger partial charge in [-0.05, 0) is 57.2 Å². The largest absolute Gasteiger partial charge is 0.396 e. The summed E-state index contributed by atoms with van der Waals surface area (Å²) in [5.74, 6) is -0.592. The summed E-state index contributed by atoms with van der Waals surface area (Å²) in [5.41, 5.74) is 7.22. The van der Waals surface area contributed by atoms with Crippen LogP contribution in [0.1, 0.15) is 71.3 Å². The van der Waals surface area contributed by atoms with Gasteiger partial charge in [0.15, 0.2) is 0 Å². The van der Waals surface area contributed by atoms with E-state index in [-0.39, 0.29) is 24.6 Å². The van der Waals surface area contributed by atoms with Crippen molar-refractivity contribution in [2.24, 2.45) is 5.73 Å². The van der Waals surface area contributed by atoms with E-state index >= 15 is 0 Å². The van der Waals surface area contributed by atoms with Crippen LogP contribution < -0.4 is 5.73 Å². The first kappa shape index (κ1) is 18.9. The average molecular weight is 359 g/mol. The van der Waals surface area contributed by atoms with Gasteiger partial charge in [0.05, 0.1) is 17.2 Å². The number of nitrogens with two attached hydrogens (primary N) is 1. The Balaban J connectivity index is 1.64. The number of fused-ring (bicyclic) bond motifs is 1. The van der Waals surface area contributed by atoms with E-state index in [0.29, 0.717) is 11.1 Å². The Hall–Kier alpha value is -1.92. The fourth-order valence-electron chi connectivity index (χ4n) is 4.34. The Kier molecular flexibility index (Phi) is 5.94. The lowest BCUT2D eigenvalue weighted by atomic mass is 9.99. The van der Waals surface area contributed by atoms with Gasteiger partial charge >= 0.3 is 0 Å². The Morgan fingerprint density at radius 1 is 1.23 bits per heavy atom. The number of aliphatic hydroxyl groups is 1. The molecule has 1 aromatic carbocycles. The highest BCUT2D eigenvalue weighted by atomic mass is 16.3. The van der Waals surface area contributed by atoms with Gasteiger partial charge < -0.3 is 20.6 Å². The summed E-state index contributed by atoms with van der Waals surface area (Å²) in [5, 5.41) is 8.86. The molecule has 1 atom stereocenters. The molecular formula is C20H29N3O3. The maximum absolute atomic E-state index is 13.0. The number of hydrogen-bond acceptors (Lipinski definition) is 4. The normalized spacial score (nSPS) is 21.2. The van der Waals surface area contributed by atoms with Crippen LogP contribution in [0.25, 0.3) is 0 Å². The van der Waals surface area contributed by atoms with Crippen molar-refractivity contribution in [3.8, 4) is 0 Å². The molecule has 6 nitrogen and oxygen atoms in total. The van der Waals surface area contributed by atoms with E-state index in [1.54, 1.807) is 12.1 Å². The van der Waals surface area contributed by atoms with Crippen molar-refractivity contribution in [3.63, 3.8) is 0 Å². The second-order valence-electron chi connectivity index (χ2n) is 7.38. The molecule has 1 saturated heterocycles. The number of rotatable bonds is 7.